The first-order chi connectivity index (χ1) is 16.6. The van der Waals surface area contributed by atoms with Crippen molar-refractivity contribution in [3.8, 4) is 17.0 Å². The summed E-state index contributed by atoms with van der Waals surface area (Å²) >= 11 is 0. The van der Waals surface area contributed by atoms with Crippen molar-refractivity contribution in [3.05, 3.63) is 76.6 Å². The van der Waals surface area contributed by atoms with Gasteiger partial charge in [0, 0.05) is 29.7 Å². The zero-order valence-corrected chi connectivity index (χ0v) is 18.8. The maximum absolute atomic E-state index is 12.8. The third-order valence-electron chi connectivity index (χ3n) is 5.79. The number of fused-ring (bicyclic) bond motifs is 1. The van der Waals surface area contributed by atoms with E-state index in [0.29, 0.717) is 29.0 Å². The second-order valence-corrected chi connectivity index (χ2v) is 8.06. The average Bonchev–Trinajstić information content (AvgIpc) is 3.40. The number of rotatable bonds is 6. The standard InChI is InChI=1S/C26H24N4O4/c1-2-33-22-7-5-6-18-16-20(26(32)34-24(18)22)25(31)27-19-10-8-17(9-11-19)21-12-13-23(29-28-21)30-14-3-4-15-30/h5-13,16H,2-4,14-15H2,1H3,(H,27,31). The van der Waals surface area contributed by atoms with Gasteiger partial charge in [-0.3, -0.25) is 4.79 Å². The fraction of sp³-hybridized carbons (Fsp3) is 0.231. The molecule has 0 bridgehead atoms. The Morgan fingerprint density at radius 1 is 1.06 bits per heavy atom. The van der Waals surface area contributed by atoms with Gasteiger partial charge in [-0.1, -0.05) is 24.3 Å². The summed E-state index contributed by atoms with van der Waals surface area (Å²) < 4.78 is 10.9. The van der Waals surface area contributed by atoms with E-state index in [2.05, 4.69) is 20.4 Å². The van der Waals surface area contributed by atoms with Crippen molar-refractivity contribution in [2.24, 2.45) is 0 Å². The number of hydrogen-bond acceptors (Lipinski definition) is 7. The molecule has 3 heterocycles. The Labute approximate surface area is 196 Å². The number of amides is 1. The lowest BCUT2D eigenvalue weighted by atomic mass is 10.1. The van der Waals surface area contributed by atoms with Crippen molar-refractivity contribution in [2.45, 2.75) is 19.8 Å². The summed E-state index contributed by atoms with van der Waals surface area (Å²) in [5.41, 5.74) is 1.72. The molecule has 1 saturated heterocycles. The van der Waals surface area contributed by atoms with Crippen molar-refractivity contribution >= 4 is 28.4 Å². The van der Waals surface area contributed by atoms with Gasteiger partial charge in [0.05, 0.1) is 12.3 Å². The Balaban J connectivity index is 1.32. The second-order valence-electron chi connectivity index (χ2n) is 8.06. The Kier molecular flexibility index (Phi) is 5.95. The molecule has 4 aromatic rings. The van der Waals surface area contributed by atoms with Crippen LogP contribution in [0.5, 0.6) is 5.75 Å². The van der Waals surface area contributed by atoms with Gasteiger partial charge in [0.1, 0.15) is 5.56 Å². The van der Waals surface area contributed by atoms with E-state index in [9.17, 15) is 9.59 Å². The molecule has 0 aliphatic carbocycles. The molecule has 0 spiro atoms. The van der Waals surface area contributed by atoms with Crippen LogP contribution in [0.1, 0.15) is 30.1 Å². The maximum atomic E-state index is 12.8. The predicted molar refractivity (Wildman–Crippen MR) is 131 cm³/mol. The monoisotopic (exact) mass is 456 g/mol. The molecule has 2 aromatic heterocycles. The molecule has 5 rings (SSSR count). The number of aromatic nitrogens is 2. The van der Waals surface area contributed by atoms with Gasteiger partial charge in [0.25, 0.3) is 5.91 Å². The molecule has 1 N–H and O–H groups in total. The van der Waals surface area contributed by atoms with Crippen molar-refractivity contribution in [3.63, 3.8) is 0 Å². The maximum Gasteiger partial charge on any atom is 0.349 e. The molecule has 8 heteroatoms. The topological polar surface area (TPSA) is 97.6 Å². The van der Waals surface area contributed by atoms with Crippen molar-refractivity contribution in [2.75, 3.05) is 29.9 Å². The van der Waals surface area contributed by atoms with Crippen LogP contribution < -0.4 is 20.6 Å². The SMILES string of the molecule is CCOc1cccc2cc(C(=O)Nc3ccc(-c4ccc(N5CCCC5)nn4)cc3)c(=O)oc12. The predicted octanol–water partition coefficient (Wildman–Crippen LogP) is 4.50. The molecule has 1 aliphatic rings. The number of carbonyl (C=O) groups excluding carboxylic acids is 1. The fourth-order valence-electron chi connectivity index (χ4n) is 4.06. The summed E-state index contributed by atoms with van der Waals surface area (Å²) in [6.07, 6.45) is 2.37. The van der Waals surface area contributed by atoms with Gasteiger partial charge in [-0.05, 0) is 56.2 Å². The number of hydrogen-bond donors (Lipinski definition) is 1. The number of benzene rings is 2. The van der Waals surface area contributed by atoms with Gasteiger partial charge >= 0.3 is 5.63 Å². The number of nitrogens with zero attached hydrogens (tertiary/aromatic N) is 3. The number of ether oxygens (including phenoxy) is 1. The smallest absolute Gasteiger partial charge is 0.349 e. The molecular weight excluding hydrogens is 432 g/mol. The Morgan fingerprint density at radius 3 is 2.56 bits per heavy atom. The van der Waals surface area contributed by atoms with Gasteiger partial charge < -0.3 is 19.4 Å². The second kappa shape index (κ2) is 9.35. The van der Waals surface area contributed by atoms with Gasteiger partial charge in [0.2, 0.25) is 0 Å². The van der Waals surface area contributed by atoms with E-state index in [0.717, 1.165) is 30.2 Å². The van der Waals surface area contributed by atoms with Gasteiger partial charge in [-0.15, -0.1) is 10.2 Å². The van der Waals surface area contributed by atoms with E-state index in [1.54, 1.807) is 30.3 Å². The third kappa shape index (κ3) is 4.34. The number of anilines is 2. The highest BCUT2D eigenvalue weighted by molar-refractivity contribution is 6.05. The third-order valence-corrected chi connectivity index (χ3v) is 5.79. The van der Waals surface area contributed by atoms with E-state index in [1.165, 1.54) is 18.9 Å². The molecular formula is C26H24N4O4. The molecule has 34 heavy (non-hydrogen) atoms. The lowest BCUT2D eigenvalue weighted by Crippen LogP contribution is -2.20. The molecule has 0 saturated carbocycles. The van der Waals surface area contributed by atoms with E-state index < -0.39 is 11.5 Å². The molecule has 2 aromatic carbocycles. The largest absolute Gasteiger partial charge is 0.490 e. The molecule has 1 amide bonds. The van der Waals surface area contributed by atoms with Crippen LogP contribution in [0.15, 0.2) is 69.9 Å². The Bertz CT molecular complexity index is 1380. The minimum Gasteiger partial charge on any atom is -0.490 e. The van der Waals surface area contributed by atoms with Crippen molar-refractivity contribution in [1.29, 1.82) is 0 Å². The molecule has 0 radical (unpaired) electrons. The quantitative estimate of drug-likeness (QED) is 0.427. The molecule has 0 atom stereocenters. The van der Waals surface area contributed by atoms with Gasteiger partial charge in [-0.2, -0.15) is 0 Å². The lowest BCUT2D eigenvalue weighted by molar-refractivity contribution is 0.102. The normalized spacial score (nSPS) is 13.3. The summed E-state index contributed by atoms with van der Waals surface area (Å²) in [5.74, 6) is 0.823. The van der Waals surface area contributed by atoms with E-state index in [4.69, 9.17) is 9.15 Å². The van der Waals surface area contributed by atoms with E-state index in [-0.39, 0.29) is 5.56 Å². The van der Waals surface area contributed by atoms with Crippen LogP contribution in [0, 0.1) is 0 Å². The number of para-hydroxylation sites is 1. The van der Waals surface area contributed by atoms with Crippen LogP contribution >= 0.6 is 0 Å². The zero-order valence-electron chi connectivity index (χ0n) is 18.8. The van der Waals surface area contributed by atoms with Crippen LogP contribution in [0.2, 0.25) is 0 Å². The Morgan fingerprint density at radius 2 is 1.85 bits per heavy atom. The summed E-state index contributed by atoms with van der Waals surface area (Å²) in [5, 5.41) is 12.1. The highest BCUT2D eigenvalue weighted by Crippen LogP contribution is 2.26. The summed E-state index contributed by atoms with van der Waals surface area (Å²) in [4.78, 5) is 27.5. The first-order valence-electron chi connectivity index (χ1n) is 11.3. The fourth-order valence-corrected chi connectivity index (χ4v) is 4.06. The molecule has 8 nitrogen and oxygen atoms in total. The number of carbonyl (C=O) groups is 1. The highest BCUT2D eigenvalue weighted by atomic mass is 16.5. The molecule has 1 fully saturated rings. The minimum absolute atomic E-state index is 0.0754. The summed E-state index contributed by atoms with van der Waals surface area (Å²) in [6.45, 7) is 4.33. The number of nitrogens with one attached hydrogen (secondary N) is 1. The first kappa shape index (κ1) is 21.6. The van der Waals surface area contributed by atoms with Gasteiger partial charge in [0.15, 0.2) is 17.2 Å². The molecule has 0 unspecified atom stereocenters. The first-order valence-corrected chi connectivity index (χ1v) is 11.3. The van der Waals surface area contributed by atoms with E-state index in [1.807, 2.05) is 31.2 Å². The van der Waals surface area contributed by atoms with Crippen LogP contribution in [-0.4, -0.2) is 35.8 Å². The average molecular weight is 457 g/mol. The van der Waals surface area contributed by atoms with E-state index >= 15 is 0 Å². The van der Waals surface area contributed by atoms with Crippen LogP contribution in [0.3, 0.4) is 0 Å². The van der Waals surface area contributed by atoms with Crippen molar-refractivity contribution in [1.82, 2.24) is 10.2 Å². The van der Waals surface area contributed by atoms with Crippen LogP contribution in [-0.2, 0) is 0 Å². The molecule has 172 valence electrons. The summed E-state index contributed by atoms with van der Waals surface area (Å²) in [6, 6.07) is 18.0. The van der Waals surface area contributed by atoms with Crippen LogP contribution in [0.4, 0.5) is 11.5 Å². The minimum atomic E-state index is -0.720. The van der Waals surface area contributed by atoms with Crippen molar-refractivity contribution < 1.29 is 13.9 Å². The van der Waals surface area contributed by atoms with Crippen LogP contribution in [0.25, 0.3) is 22.2 Å². The molecule has 1 aliphatic heterocycles. The van der Waals surface area contributed by atoms with Gasteiger partial charge in [-0.25, -0.2) is 4.79 Å². The summed E-state index contributed by atoms with van der Waals surface area (Å²) in [7, 11) is 0. The Hall–Kier alpha value is -4.20. The lowest BCUT2D eigenvalue weighted by Gasteiger charge is -2.15. The highest BCUT2D eigenvalue weighted by Gasteiger charge is 2.17. The zero-order chi connectivity index (χ0) is 23.5.